The second-order valence-electron chi connectivity index (χ2n) is 10.7. The highest BCUT2D eigenvalue weighted by molar-refractivity contribution is 6.40. The molecule has 5 heterocycles. The first-order valence-electron chi connectivity index (χ1n) is 13.1. The molecule has 0 unspecified atom stereocenters. The fourth-order valence-corrected chi connectivity index (χ4v) is 8.53. The minimum Gasteiger partial charge on any atom is -0.434 e. The summed E-state index contributed by atoms with van der Waals surface area (Å²) >= 11 is 0. The molecule has 1 amide bonds. The van der Waals surface area contributed by atoms with Crippen LogP contribution in [0.2, 0.25) is 6.04 Å². The average Bonchev–Trinajstić information content (AvgIpc) is 3.45. The summed E-state index contributed by atoms with van der Waals surface area (Å²) in [7, 11) is 1.06. The molecule has 0 aliphatic carbocycles. The van der Waals surface area contributed by atoms with E-state index in [1.165, 1.54) is 6.07 Å². The topological polar surface area (TPSA) is 106 Å². The Kier molecular flexibility index (Phi) is 5.42. The quantitative estimate of drug-likeness (QED) is 0.381. The number of nitrogens with zero attached hydrogens (tertiary/aromatic N) is 4. The van der Waals surface area contributed by atoms with E-state index in [1.807, 2.05) is 18.2 Å². The third-order valence-electron chi connectivity index (χ3n) is 8.53. The number of aliphatic hydroxyl groups is 1. The number of carbonyl (C=O) groups is 1. The van der Waals surface area contributed by atoms with E-state index in [4.69, 9.17) is 20.4 Å². The van der Waals surface area contributed by atoms with Crippen LogP contribution in [-0.2, 0) is 11.6 Å². The average molecular weight is 548 g/mol. The monoisotopic (exact) mass is 547 g/mol. The number of hydrogen-bond donors (Lipinski definition) is 2. The van der Waals surface area contributed by atoms with Gasteiger partial charge in [-0.1, -0.05) is 18.2 Å². The molecule has 0 saturated carbocycles. The van der Waals surface area contributed by atoms with Gasteiger partial charge in [0.2, 0.25) is 0 Å². The Morgan fingerprint density at radius 2 is 2.08 bits per heavy atom. The molecule has 0 radical (unpaired) electrons. The summed E-state index contributed by atoms with van der Waals surface area (Å²) in [5.74, 6) is 0.500. The van der Waals surface area contributed by atoms with Gasteiger partial charge in [-0.05, 0) is 47.9 Å². The maximum atomic E-state index is 13.4. The van der Waals surface area contributed by atoms with Crippen LogP contribution in [-0.4, -0.2) is 60.2 Å². The van der Waals surface area contributed by atoms with Crippen molar-refractivity contribution in [2.75, 3.05) is 13.7 Å². The summed E-state index contributed by atoms with van der Waals surface area (Å²) in [4.78, 5) is 24.6. The Morgan fingerprint density at radius 1 is 1.23 bits per heavy atom. The second-order valence-corrected chi connectivity index (χ2v) is 13.2. The fourth-order valence-electron chi connectivity index (χ4n) is 6.63. The third-order valence-corrected chi connectivity index (χ3v) is 10.7. The largest absolute Gasteiger partial charge is 0.434 e. The van der Waals surface area contributed by atoms with Crippen molar-refractivity contribution in [1.29, 1.82) is 0 Å². The summed E-state index contributed by atoms with van der Waals surface area (Å²) in [5, 5.41) is 9.23. The van der Waals surface area contributed by atoms with Crippen LogP contribution < -0.4 is 10.5 Å². The van der Waals surface area contributed by atoms with Gasteiger partial charge in [0, 0.05) is 36.4 Å². The van der Waals surface area contributed by atoms with Crippen LogP contribution in [0.1, 0.15) is 51.5 Å². The van der Waals surface area contributed by atoms with Gasteiger partial charge >= 0.3 is 6.61 Å². The predicted molar refractivity (Wildman–Crippen MR) is 144 cm³/mol. The number of benzene rings is 2. The van der Waals surface area contributed by atoms with Crippen LogP contribution in [0.3, 0.4) is 0 Å². The number of amides is 1. The number of ether oxygens (including phenoxy) is 1. The van der Waals surface area contributed by atoms with Crippen molar-refractivity contribution in [3.63, 3.8) is 0 Å². The van der Waals surface area contributed by atoms with Crippen molar-refractivity contribution in [3.05, 3.63) is 76.9 Å². The van der Waals surface area contributed by atoms with E-state index >= 15 is 0 Å². The van der Waals surface area contributed by atoms with E-state index < -0.39 is 27.3 Å². The molecule has 200 valence electrons. The molecule has 3 atom stereocenters. The fraction of sp³-hybridized carbons (Fsp3) is 0.321. The van der Waals surface area contributed by atoms with Crippen LogP contribution in [0.15, 0.2) is 48.7 Å². The molecule has 39 heavy (non-hydrogen) atoms. The van der Waals surface area contributed by atoms with Gasteiger partial charge in [0.15, 0.2) is 0 Å². The first-order chi connectivity index (χ1) is 18.8. The first kappa shape index (κ1) is 24.4. The highest BCUT2D eigenvalue weighted by Crippen LogP contribution is 2.50. The van der Waals surface area contributed by atoms with E-state index in [-0.39, 0.29) is 24.3 Å². The van der Waals surface area contributed by atoms with Crippen molar-refractivity contribution in [3.8, 4) is 16.9 Å². The van der Waals surface area contributed by atoms with Crippen LogP contribution >= 0.6 is 0 Å². The minimum atomic E-state index is -3.01. The number of aryl methyl sites for hydroxylation is 1. The van der Waals surface area contributed by atoms with Crippen molar-refractivity contribution >= 4 is 26.5 Å². The van der Waals surface area contributed by atoms with Crippen LogP contribution in [0.5, 0.6) is 5.75 Å². The van der Waals surface area contributed by atoms with Gasteiger partial charge in [-0.15, -0.1) is 0 Å². The SMILES string of the molecule is CN1C(=O)c2cccc(OC(F)F)c2[C@H]2C[C@@H]1c1nc3ccc(-c4cnc5c(c4)CC[SiH2][C@@]5(N)CO)cc3n12. The Morgan fingerprint density at radius 3 is 2.87 bits per heavy atom. The van der Waals surface area contributed by atoms with Gasteiger partial charge in [-0.25, -0.2) is 4.98 Å². The van der Waals surface area contributed by atoms with Crippen molar-refractivity contribution in [2.24, 2.45) is 5.73 Å². The molecule has 2 aromatic heterocycles. The second kappa shape index (κ2) is 8.67. The zero-order valence-corrected chi connectivity index (χ0v) is 22.7. The summed E-state index contributed by atoms with van der Waals surface area (Å²) in [6, 6.07) is 13.2. The molecule has 0 saturated heterocycles. The summed E-state index contributed by atoms with van der Waals surface area (Å²) in [6.07, 6.45) is 3.23. The molecule has 11 heteroatoms. The first-order valence-corrected chi connectivity index (χ1v) is 14.8. The molecule has 7 rings (SSSR count). The molecule has 2 bridgehead atoms. The lowest BCUT2D eigenvalue weighted by Gasteiger charge is -2.32. The number of hydrogen-bond acceptors (Lipinski definition) is 6. The molecule has 3 aliphatic rings. The maximum absolute atomic E-state index is 13.4. The third kappa shape index (κ3) is 3.56. The molecular formula is C28H27F2N5O3Si. The van der Waals surface area contributed by atoms with Crippen molar-refractivity contribution < 1.29 is 23.4 Å². The Bertz CT molecular complexity index is 1660. The molecule has 8 nitrogen and oxygen atoms in total. The van der Waals surface area contributed by atoms with Gasteiger partial charge in [-0.2, -0.15) is 8.78 Å². The number of nitrogens with two attached hydrogens (primary N) is 1. The number of fused-ring (bicyclic) bond motifs is 10. The summed E-state index contributed by atoms with van der Waals surface area (Å²) < 4.78 is 33.7. The van der Waals surface area contributed by atoms with E-state index in [9.17, 15) is 18.7 Å². The zero-order chi connectivity index (χ0) is 27.1. The molecule has 0 spiro atoms. The van der Waals surface area contributed by atoms with Crippen molar-refractivity contribution in [2.45, 2.75) is 42.7 Å². The van der Waals surface area contributed by atoms with Crippen LogP contribution in [0.25, 0.3) is 22.2 Å². The van der Waals surface area contributed by atoms with Gasteiger partial charge in [0.1, 0.15) is 11.6 Å². The predicted octanol–water partition coefficient (Wildman–Crippen LogP) is 3.07. The number of alkyl halides is 2. The lowest BCUT2D eigenvalue weighted by Crippen LogP contribution is -2.49. The number of aliphatic hydroxyl groups excluding tert-OH is 1. The minimum absolute atomic E-state index is 0.0114. The molecule has 0 fully saturated rings. The number of imidazole rings is 1. The number of pyridine rings is 1. The number of carbonyl (C=O) groups excluding carboxylic acids is 1. The van der Waals surface area contributed by atoms with Gasteiger partial charge in [-0.3, -0.25) is 9.78 Å². The lowest BCUT2D eigenvalue weighted by atomic mass is 9.97. The maximum Gasteiger partial charge on any atom is 0.387 e. The van der Waals surface area contributed by atoms with Gasteiger partial charge in [0.25, 0.3) is 5.91 Å². The van der Waals surface area contributed by atoms with E-state index in [2.05, 4.69) is 10.6 Å². The number of halogens is 2. The molecular weight excluding hydrogens is 520 g/mol. The van der Waals surface area contributed by atoms with E-state index in [1.54, 1.807) is 30.3 Å². The van der Waals surface area contributed by atoms with Gasteiger partial charge in [0.05, 0.1) is 50.1 Å². The molecule has 2 aromatic carbocycles. The summed E-state index contributed by atoms with van der Waals surface area (Å²) in [5.41, 5.74) is 12.7. The van der Waals surface area contributed by atoms with E-state index in [0.717, 1.165) is 51.7 Å². The zero-order valence-electron chi connectivity index (χ0n) is 21.3. The number of aromatic nitrogens is 3. The Hall–Kier alpha value is -3.67. The highest BCUT2D eigenvalue weighted by atomic mass is 28.2. The Labute approximate surface area is 225 Å². The molecule has 4 aromatic rings. The lowest BCUT2D eigenvalue weighted by molar-refractivity contribution is -0.0507. The van der Waals surface area contributed by atoms with E-state index in [0.29, 0.717) is 17.5 Å². The normalized spacial score (nSPS) is 24.2. The van der Waals surface area contributed by atoms with Crippen LogP contribution in [0, 0.1) is 0 Å². The molecule has 3 aliphatic heterocycles. The van der Waals surface area contributed by atoms with Gasteiger partial charge < -0.3 is 25.0 Å². The van der Waals surface area contributed by atoms with Crippen LogP contribution in [0.4, 0.5) is 8.78 Å². The number of rotatable bonds is 4. The van der Waals surface area contributed by atoms with Crippen molar-refractivity contribution in [1.82, 2.24) is 19.4 Å². The Balaban J connectivity index is 1.38. The summed E-state index contributed by atoms with van der Waals surface area (Å²) in [6.45, 7) is -3.10. The smallest absolute Gasteiger partial charge is 0.387 e. The highest BCUT2D eigenvalue weighted by Gasteiger charge is 2.45. The molecule has 3 N–H and O–H groups in total. The standard InChI is InChI=1S/C28H27F2N5O3Si/c1-34-21-11-20(23-17(26(34)37)3-2-4-22(23)38-27(29)30)35-19-10-14(5-6-18(19)33-25(21)35)16-9-15-7-8-39-28(31,13-36)24(15)32-12-16/h2-6,9-10,12,20-21,27,36H,7-8,11,13,31,39H2,1H3/t20-,21-,28+/m1/s1.